The lowest BCUT2D eigenvalue weighted by molar-refractivity contribution is 0.251. The number of hydrogen-bond acceptors (Lipinski definition) is 4. The summed E-state index contributed by atoms with van der Waals surface area (Å²) in [7, 11) is 3.34. The first kappa shape index (κ1) is 19.0. The summed E-state index contributed by atoms with van der Waals surface area (Å²) in [5, 5.41) is 3.14. The van der Waals surface area contributed by atoms with Gasteiger partial charge in [0.25, 0.3) is 0 Å². The molecular weight excluding hydrogens is 340 g/mol. The summed E-state index contributed by atoms with van der Waals surface area (Å²) in [6.45, 7) is 2.76. The quantitative estimate of drug-likeness (QED) is 0.580. The molecule has 3 rings (SSSR count). The number of aliphatic imine (C=N–C) groups is 1. The van der Waals surface area contributed by atoms with Crippen molar-refractivity contribution in [2.45, 2.75) is 18.9 Å². The fourth-order valence-electron chi connectivity index (χ4n) is 3.41. The Morgan fingerprint density at radius 3 is 2.44 bits per heavy atom. The van der Waals surface area contributed by atoms with Gasteiger partial charge in [-0.3, -0.25) is 9.89 Å². The van der Waals surface area contributed by atoms with Crippen LogP contribution in [0, 0.1) is 0 Å². The van der Waals surface area contributed by atoms with Gasteiger partial charge in [-0.15, -0.1) is 0 Å². The van der Waals surface area contributed by atoms with Crippen LogP contribution in [0.2, 0.25) is 0 Å². The van der Waals surface area contributed by atoms with Gasteiger partial charge in [-0.1, -0.05) is 18.2 Å². The van der Waals surface area contributed by atoms with Crippen LogP contribution >= 0.6 is 0 Å². The molecule has 0 aliphatic carbocycles. The molecule has 1 unspecified atom stereocenters. The second-order valence-electron chi connectivity index (χ2n) is 6.62. The summed E-state index contributed by atoms with van der Waals surface area (Å²) < 4.78 is 10.6. The number of hydrogen-bond donors (Lipinski definition) is 2. The average molecular weight is 368 g/mol. The Balaban J connectivity index is 1.73. The van der Waals surface area contributed by atoms with E-state index in [1.54, 1.807) is 14.2 Å². The van der Waals surface area contributed by atoms with Crippen LogP contribution in [0.15, 0.2) is 53.5 Å². The van der Waals surface area contributed by atoms with Gasteiger partial charge >= 0.3 is 0 Å². The molecule has 2 aromatic rings. The number of nitrogens with two attached hydrogens (primary N) is 1. The number of benzene rings is 2. The Hall–Kier alpha value is -2.73. The highest BCUT2D eigenvalue weighted by Gasteiger charge is 2.23. The van der Waals surface area contributed by atoms with Crippen LogP contribution in [-0.4, -0.2) is 44.7 Å². The maximum Gasteiger partial charge on any atom is 0.193 e. The maximum atomic E-state index is 6.13. The molecule has 0 radical (unpaired) electrons. The van der Waals surface area contributed by atoms with Gasteiger partial charge < -0.3 is 20.5 Å². The third-order valence-corrected chi connectivity index (χ3v) is 4.84. The first-order chi connectivity index (χ1) is 13.2. The van der Waals surface area contributed by atoms with Gasteiger partial charge in [0.05, 0.1) is 26.8 Å². The van der Waals surface area contributed by atoms with Crippen molar-refractivity contribution in [3.05, 3.63) is 54.1 Å². The number of anilines is 1. The normalized spacial score (nSPS) is 16.1. The van der Waals surface area contributed by atoms with Gasteiger partial charge in [-0.2, -0.15) is 0 Å². The van der Waals surface area contributed by atoms with Crippen molar-refractivity contribution in [3.63, 3.8) is 0 Å². The van der Waals surface area contributed by atoms with E-state index in [1.165, 1.54) is 18.4 Å². The second kappa shape index (κ2) is 9.28. The molecule has 1 aliphatic heterocycles. The van der Waals surface area contributed by atoms with E-state index in [-0.39, 0.29) is 6.04 Å². The van der Waals surface area contributed by atoms with Crippen LogP contribution in [0.25, 0.3) is 0 Å². The van der Waals surface area contributed by atoms with Crippen LogP contribution in [0.1, 0.15) is 24.4 Å². The van der Waals surface area contributed by atoms with Gasteiger partial charge in [0.15, 0.2) is 5.96 Å². The summed E-state index contributed by atoms with van der Waals surface area (Å²) in [6.07, 6.45) is 2.45. The molecule has 0 spiro atoms. The monoisotopic (exact) mass is 368 g/mol. The fourth-order valence-corrected chi connectivity index (χ4v) is 3.41. The molecule has 27 heavy (non-hydrogen) atoms. The van der Waals surface area contributed by atoms with Crippen molar-refractivity contribution in [3.8, 4) is 11.5 Å². The minimum absolute atomic E-state index is 0.188. The highest BCUT2D eigenvalue weighted by molar-refractivity contribution is 5.92. The van der Waals surface area contributed by atoms with Crippen molar-refractivity contribution in [2.24, 2.45) is 10.7 Å². The van der Waals surface area contributed by atoms with E-state index in [4.69, 9.17) is 15.2 Å². The number of guanidine groups is 1. The summed E-state index contributed by atoms with van der Waals surface area (Å²) in [5.74, 6) is 2.04. The standard InChI is InChI=1S/C21H28N4O2/c1-26-18-9-5-7-16(13-18)20(25-11-3-4-12-25)15-23-21(22)24-17-8-6-10-19(14-17)27-2/h5-10,13-14,20H,3-4,11-12,15H2,1-2H3,(H3,22,23,24). The zero-order valence-corrected chi connectivity index (χ0v) is 16.0. The van der Waals surface area contributed by atoms with Crippen LogP contribution in [0.4, 0.5) is 5.69 Å². The van der Waals surface area contributed by atoms with Gasteiger partial charge in [-0.25, -0.2) is 0 Å². The van der Waals surface area contributed by atoms with Gasteiger partial charge in [-0.05, 0) is 55.8 Å². The predicted octanol–water partition coefficient (Wildman–Crippen LogP) is 3.27. The molecule has 0 amide bonds. The second-order valence-corrected chi connectivity index (χ2v) is 6.62. The predicted molar refractivity (Wildman–Crippen MR) is 110 cm³/mol. The van der Waals surface area contributed by atoms with Crippen LogP contribution in [-0.2, 0) is 0 Å². The van der Waals surface area contributed by atoms with Crippen LogP contribution in [0.3, 0.4) is 0 Å². The molecule has 1 saturated heterocycles. The molecule has 0 bridgehead atoms. The average Bonchev–Trinajstić information content (AvgIpc) is 3.23. The van der Waals surface area contributed by atoms with Crippen molar-refractivity contribution in [2.75, 3.05) is 39.2 Å². The largest absolute Gasteiger partial charge is 0.497 e. The van der Waals surface area contributed by atoms with E-state index >= 15 is 0 Å². The van der Waals surface area contributed by atoms with Gasteiger partial charge in [0.1, 0.15) is 11.5 Å². The molecule has 1 atom stereocenters. The molecule has 1 aliphatic rings. The lowest BCUT2D eigenvalue weighted by Crippen LogP contribution is -2.30. The summed E-state index contributed by atoms with van der Waals surface area (Å²) >= 11 is 0. The Bertz CT molecular complexity index is 772. The van der Waals surface area contributed by atoms with Crippen molar-refractivity contribution in [1.82, 2.24) is 4.90 Å². The first-order valence-corrected chi connectivity index (χ1v) is 9.28. The topological polar surface area (TPSA) is 72.1 Å². The number of nitrogens with one attached hydrogen (secondary N) is 1. The summed E-state index contributed by atoms with van der Waals surface area (Å²) in [6, 6.07) is 16.0. The number of ether oxygens (including phenoxy) is 2. The smallest absolute Gasteiger partial charge is 0.193 e. The Labute approximate surface area is 161 Å². The number of likely N-dealkylation sites (tertiary alicyclic amines) is 1. The van der Waals surface area contributed by atoms with Crippen LogP contribution < -0.4 is 20.5 Å². The summed E-state index contributed by atoms with van der Waals surface area (Å²) in [4.78, 5) is 7.08. The van der Waals surface area contributed by atoms with E-state index in [0.717, 1.165) is 30.3 Å². The molecule has 1 fully saturated rings. The zero-order valence-electron chi connectivity index (χ0n) is 16.0. The zero-order chi connectivity index (χ0) is 19.1. The lowest BCUT2D eigenvalue weighted by atomic mass is 10.1. The number of nitrogens with zero attached hydrogens (tertiary/aromatic N) is 2. The molecule has 0 saturated carbocycles. The number of rotatable bonds is 7. The molecule has 6 heteroatoms. The van der Waals surface area contributed by atoms with Crippen molar-refractivity contribution in [1.29, 1.82) is 0 Å². The Morgan fingerprint density at radius 1 is 1.07 bits per heavy atom. The van der Waals surface area contributed by atoms with Crippen molar-refractivity contribution < 1.29 is 9.47 Å². The molecule has 1 heterocycles. The molecule has 0 aromatic heterocycles. The van der Waals surface area contributed by atoms with E-state index < -0.39 is 0 Å². The Morgan fingerprint density at radius 2 is 1.74 bits per heavy atom. The third kappa shape index (κ3) is 5.14. The molecular formula is C21H28N4O2. The first-order valence-electron chi connectivity index (χ1n) is 9.28. The summed E-state index contributed by atoms with van der Waals surface area (Å²) in [5.41, 5.74) is 8.19. The minimum Gasteiger partial charge on any atom is -0.497 e. The van der Waals surface area contributed by atoms with Crippen LogP contribution in [0.5, 0.6) is 11.5 Å². The fraction of sp³-hybridized carbons (Fsp3) is 0.381. The minimum atomic E-state index is 0.188. The molecule has 2 aromatic carbocycles. The maximum absolute atomic E-state index is 6.13. The molecule has 144 valence electrons. The van der Waals surface area contributed by atoms with Crippen molar-refractivity contribution >= 4 is 11.6 Å². The van der Waals surface area contributed by atoms with E-state index in [9.17, 15) is 0 Å². The van der Waals surface area contributed by atoms with E-state index in [2.05, 4.69) is 27.3 Å². The van der Waals surface area contributed by atoms with E-state index in [0.29, 0.717) is 12.5 Å². The Kier molecular flexibility index (Phi) is 6.54. The highest BCUT2D eigenvalue weighted by Crippen LogP contribution is 2.28. The van der Waals surface area contributed by atoms with Gasteiger partial charge in [0, 0.05) is 11.8 Å². The highest BCUT2D eigenvalue weighted by atomic mass is 16.5. The molecule has 3 N–H and O–H groups in total. The lowest BCUT2D eigenvalue weighted by Gasteiger charge is -2.27. The number of methoxy groups -OCH3 is 2. The third-order valence-electron chi connectivity index (χ3n) is 4.84. The molecule has 6 nitrogen and oxygen atoms in total. The van der Waals surface area contributed by atoms with Gasteiger partial charge in [0.2, 0.25) is 0 Å². The SMILES string of the molecule is COc1cccc(NC(N)=NCC(c2cccc(OC)c2)N2CCCC2)c1. The van der Waals surface area contributed by atoms with E-state index in [1.807, 2.05) is 36.4 Å².